The highest BCUT2D eigenvalue weighted by Crippen LogP contribution is 2.31. The van der Waals surface area contributed by atoms with E-state index < -0.39 is 20.9 Å². The molecule has 0 heterocycles. The molecule has 2 aromatic rings. The molecule has 0 spiro atoms. The van der Waals surface area contributed by atoms with E-state index in [4.69, 9.17) is 4.74 Å². The number of carbonyl (C=O) groups excluding carboxylic acids is 1. The first-order valence-electron chi connectivity index (χ1n) is 8.80. The van der Waals surface area contributed by atoms with E-state index in [-0.39, 0.29) is 35.0 Å². The summed E-state index contributed by atoms with van der Waals surface area (Å²) in [5.41, 5.74) is 0.978. The van der Waals surface area contributed by atoms with Crippen LogP contribution in [0.2, 0.25) is 0 Å². The van der Waals surface area contributed by atoms with E-state index in [1.54, 1.807) is 32.0 Å². The quantitative estimate of drug-likeness (QED) is 0.280. The van der Waals surface area contributed by atoms with Crippen molar-refractivity contribution < 1.29 is 22.9 Å². The van der Waals surface area contributed by atoms with Gasteiger partial charge in [0.2, 0.25) is 0 Å². The molecular formula is C20H22N2O6S. The molecule has 0 atom stereocenters. The zero-order chi connectivity index (χ0) is 21.8. The molecule has 0 aliphatic heterocycles. The van der Waals surface area contributed by atoms with Gasteiger partial charge in [0.25, 0.3) is 15.7 Å². The number of nitro groups is 1. The Hall–Kier alpha value is -3.20. The first-order valence-corrected chi connectivity index (χ1v) is 10.2. The van der Waals surface area contributed by atoms with Crippen LogP contribution in [0.3, 0.4) is 0 Å². The molecule has 0 aliphatic rings. The number of benzene rings is 2. The van der Waals surface area contributed by atoms with Crippen LogP contribution in [0.1, 0.15) is 28.4 Å². The predicted molar refractivity (Wildman–Crippen MR) is 110 cm³/mol. The van der Waals surface area contributed by atoms with Gasteiger partial charge in [-0.25, -0.2) is 13.2 Å². The Morgan fingerprint density at radius 1 is 1.28 bits per heavy atom. The maximum Gasteiger partial charge on any atom is 0.338 e. The van der Waals surface area contributed by atoms with Gasteiger partial charge in [0.1, 0.15) is 0 Å². The van der Waals surface area contributed by atoms with Crippen molar-refractivity contribution in [3.05, 3.63) is 75.9 Å². The first-order chi connectivity index (χ1) is 13.6. The molecule has 8 nitrogen and oxygen atoms in total. The van der Waals surface area contributed by atoms with Gasteiger partial charge in [0.15, 0.2) is 0 Å². The van der Waals surface area contributed by atoms with Crippen LogP contribution in [-0.4, -0.2) is 32.5 Å². The molecule has 0 radical (unpaired) electrons. The van der Waals surface area contributed by atoms with Crippen molar-refractivity contribution in [3.63, 3.8) is 0 Å². The summed E-state index contributed by atoms with van der Waals surface area (Å²) in [5, 5.41) is 11.2. The van der Waals surface area contributed by atoms with E-state index >= 15 is 0 Å². The van der Waals surface area contributed by atoms with Crippen LogP contribution >= 0.6 is 0 Å². The summed E-state index contributed by atoms with van der Waals surface area (Å²) in [6.07, 6.45) is 1.40. The molecule has 29 heavy (non-hydrogen) atoms. The minimum Gasteiger partial charge on any atom is -0.462 e. The molecule has 2 rings (SSSR count). The molecule has 0 aromatic heterocycles. The molecule has 0 aliphatic carbocycles. The number of aryl methyl sites for hydroxylation is 1. The molecule has 2 aromatic carbocycles. The number of carbonyl (C=O) groups is 1. The molecule has 0 bridgehead atoms. The molecular weight excluding hydrogens is 396 g/mol. The minimum atomic E-state index is -4.16. The number of ether oxygens (including phenoxy) is 1. The lowest BCUT2D eigenvalue weighted by atomic mass is 10.1. The summed E-state index contributed by atoms with van der Waals surface area (Å²) in [4.78, 5) is 22.6. The van der Waals surface area contributed by atoms with Gasteiger partial charge >= 0.3 is 5.97 Å². The zero-order valence-electron chi connectivity index (χ0n) is 16.4. The Labute approximate surface area is 169 Å². The maximum atomic E-state index is 13.3. The predicted octanol–water partition coefficient (Wildman–Crippen LogP) is 3.77. The third-order valence-corrected chi connectivity index (χ3v) is 6.11. The number of anilines is 1. The van der Waals surface area contributed by atoms with Gasteiger partial charge in [0.05, 0.1) is 34.2 Å². The average Bonchev–Trinajstić information content (AvgIpc) is 2.66. The van der Waals surface area contributed by atoms with Gasteiger partial charge in [-0.2, -0.15) is 0 Å². The second-order valence-electron chi connectivity index (χ2n) is 6.20. The van der Waals surface area contributed by atoms with Gasteiger partial charge in [-0.3, -0.25) is 14.4 Å². The van der Waals surface area contributed by atoms with E-state index in [9.17, 15) is 23.3 Å². The fraction of sp³-hybridized carbons (Fsp3) is 0.250. The van der Waals surface area contributed by atoms with Crippen molar-refractivity contribution in [2.75, 3.05) is 17.5 Å². The Bertz CT molecular complexity index is 1060. The highest BCUT2D eigenvalue weighted by molar-refractivity contribution is 7.92. The van der Waals surface area contributed by atoms with E-state index in [1.807, 2.05) is 0 Å². The van der Waals surface area contributed by atoms with Crippen molar-refractivity contribution >= 4 is 27.4 Å². The van der Waals surface area contributed by atoms with Crippen molar-refractivity contribution in [1.82, 2.24) is 0 Å². The van der Waals surface area contributed by atoms with Crippen LogP contribution in [-0.2, 0) is 14.8 Å². The van der Waals surface area contributed by atoms with Crippen LogP contribution in [0.5, 0.6) is 0 Å². The first kappa shape index (κ1) is 22.1. The number of rotatable bonds is 8. The summed E-state index contributed by atoms with van der Waals surface area (Å²) >= 11 is 0. The molecule has 0 saturated carbocycles. The Morgan fingerprint density at radius 3 is 2.55 bits per heavy atom. The lowest BCUT2D eigenvalue weighted by Gasteiger charge is -2.25. The van der Waals surface area contributed by atoms with Crippen molar-refractivity contribution in [3.8, 4) is 0 Å². The third-order valence-electron chi connectivity index (χ3n) is 4.33. The fourth-order valence-electron chi connectivity index (χ4n) is 2.84. The summed E-state index contributed by atoms with van der Waals surface area (Å²) < 4.78 is 32.7. The monoisotopic (exact) mass is 418 g/mol. The number of hydrogen-bond donors (Lipinski definition) is 0. The number of hydrogen-bond acceptors (Lipinski definition) is 6. The minimum absolute atomic E-state index is 0.0862. The van der Waals surface area contributed by atoms with E-state index in [0.29, 0.717) is 11.1 Å². The average molecular weight is 418 g/mol. The number of nitrogens with zero attached hydrogens (tertiary/aromatic N) is 2. The Balaban J connectivity index is 2.64. The lowest BCUT2D eigenvalue weighted by molar-refractivity contribution is -0.385. The van der Waals surface area contributed by atoms with E-state index in [1.165, 1.54) is 25.1 Å². The highest BCUT2D eigenvalue weighted by atomic mass is 32.2. The van der Waals surface area contributed by atoms with Crippen LogP contribution in [0.4, 0.5) is 11.4 Å². The maximum absolute atomic E-state index is 13.3. The molecule has 0 saturated heterocycles. The second kappa shape index (κ2) is 8.87. The topological polar surface area (TPSA) is 107 Å². The normalized spacial score (nSPS) is 11.0. The third kappa shape index (κ3) is 4.45. The molecule has 0 amide bonds. The number of esters is 1. The van der Waals surface area contributed by atoms with E-state index in [0.717, 1.165) is 10.4 Å². The number of sulfonamides is 1. The molecule has 0 N–H and O–H groups in total. The van der Waals surface area contributed by atoms with Crippen molar-refractivity contribution in [1.29, 1.82) is 0 Å². The zero-order valence-corrected chi connectivity index (χ0v) is 17.2. The van der Waals surface area contributed by atoms with Crippen LogP contribution < -0.4 is 4.31 Å². The number of nitro benzene ring substituents is 1. The molecule has 154 valence electrons. The molecule has 9 heteroatoms. The van der Waals surface area contributed by atoms with Crippen LogP contribution in [0.15, 0.2) is 53.9 Å². The standard InChI is InChI=1S/C20H22N2O6S/c1-5-12-21(18-9-7-8-17(15(18)4)20(23)28-6-2)29(26,27)16-11-10-14(3)19(13-16)22(24)25/h5,7-11,13H,1,6,12H2,2-4H3. The Kier molecular flexibility index (Phi) is 6.76. The van der Waals surface area contributed by atoms with Gasteiger partial charge in [-0.15, -0.1) is 6.58 Å². The SMILES string of the molecule is C=CCN(c1cccc(C(=O)OCC)c1C)S(=O)(=O)c1ccc(C)c([N+](=O)[O-])c1. The second-order valence-corrected chi connectivity index (χ2v) is 8.06. The smallest absolute Gasteiger partial charge is 0.338 e. The van der Waals surface area contributed by atoms with Gasteiger partial charge in [-0.1, -0.05) is 18.2 Å². The summed E-state index contributed by atoms with van der Waals surface area (Å²) in [5.74, 6) is -0.561. The van der Waals surface area contributed by atoms with Gasteiger partial charge in [0, 0.05) is 11.6 Å². The molecule has 0 unspecified atom stereocenters. The summed E-state index contributed by atoms with van der Waals surface area (Å²) in [6.45, 7) is 8.53. The van der Waals surface area contributed by atoms with Crippen molar-refractivity contribution in [2.24, 2.45) is 0 Å². The fourth-order valence-corrected chi connectivity index (χ4v) is 4.35. The van der Waals surface area contributed by atoms with Crippen molar-refractivity contribution in [2.45, 2.75) is 25.7 Å². The molecule has 0 fully saturated rings. The Morgan fingerprint density at radius 2 is 1.97 bits per heavy atom. The van der Waals surface area contributed by atoms with Gasteiger partial charge in [-0.05, 0) is 44.5 Å². The highest BCUT2D eigenvalue weighted by Gasteiger charge is 2.28. The van der Waals surface area contributed by atoms with Crippen LogP contribution in [0.25, 0.3) is 0 Å². The van der Waals surface area contributed by atoms with Crippen LogP contribution in [0, 0.1) is 24.0 Å². The lowest BCUT2D eigenvalue weighted by Crippen LogP contribution is -2.32. The largest absolute Gasteiger partial charge is 0.462 e. The van der Waals surface area contributed by atoms with E-state index in [2.05, 4.69) is 6.58 Å². The summed E-state index contributed by atoms with van der Waals surface area (Å²) in [6, 6.07) is 8.40. The summed E-state index contributed by atoms with van der Waals surface area (Å²) in [7, 11) is -4.16. The van der Waals surface area contributed by atoms with Gasteiger partial charge < -0.3 is 4.74 Å².